The molecule has 2 aromatic rings. The van der Waals surface area contributed by atoms with Gasteiger partial charge < -0.3 is 4.90 Å². The number of benzene rings is 2. The molecule has 1 aliphatic carbocycles. The molecule has 0 saturated heterocycles. The zero-order valence-corrected chi connectivity index (χ0v) is 12.2. The van der Waals surface area contributed by atoms with E-state index in [-0.39, 0.29) is 11.6 Å². The Balaban J connectivity index is 2.07. The van der Waals surface area contributed by atoms with Crippen LogP contribution >= 0.6 is 0 Å². The highest BCUT2D eigenvalue weighted by Crippen LogP contribution is 2.28. The summed E-state index contributed by atoms with van der Waals surface area (Å²) in [4.78, 5) is 27.2. The molecule has 3 rings (SSSR count). The van der Waals surface area contributed by atoms with Gasteiger partial charge in [0, 0.05) is 28.8 Å². The minimum absolute atomic E-state index is 0.0544. The summed E-state index contributed by atoms with van der Waals surface area (Å²) in [6.45, 7) is 3.79. The molecular formula is C18H17NO2. The van der Waals surface area contributed by atoms with Crippen molar-refractivity contribution in [1.29, 1.82) is 0 Å². The van der Waals surface area contributed by atoms with Crippen LogP contribution in [0.15, 0.2) is 42.5 Å². The first kappa shape index (κ1) is 13.7. The lowest BCUT2D eigenvalue weighted by Crippen LogP contribution is -2.22. The van der Waals surface area contributed by atoms with Gasteiger partial charge in [-0.15, -0.1) is 0 Å². The molecule has 1 aliphatic rings. The Hall–Kier alpha value is -2.26. The molecule has 3 heteroatoms. The number of hydrogen-bond acceptors (Lipinski definition) is 3. The van der Waals surface area contributed by atoms with Gasteiger partial charge in [-0.05, 0) is 31.3 Å². The van der Waals surface area contributed by atoms with Crippen molar-refractivity contribution in [3.63, 3.8) is 0 Å². The quantitative estimate of drug-likeness (QED) is 0.740. The minimum atomic E-state index is -0.0596. The van der Waals surface area contributed by atoms with Gasteiger partial charge in [0.15, 0.2) is 11.6 Å². The monoisotopic (exact) mass is 279 g/mol. The average Bonchev–Trinajstić information content (AvgIpc) is 2.52. The molecule has 0 amide bonds. The van der Waals surface area contributed by atoms with E-state index in [9.17, 15) is 9.59 Å². The molecule has 0 unspecified atom stereocenters. The van der Waals surface area contributed by atoms with Crippen LogP contribution < -0.4 is 0 Å². The normalized spacial score (nSPS) is 13.3. The molecule has 0 saturated carbocycles. The van der Waals surface area contributed by atoms with Crippen LogP contribution in [-0.4, -0.2) is 30.1 Å². The highest BCUT2D eigenvalue weighted by molar-refractivity contribution is 6.28. The van der Waals surface area contributed by atoms with Crippen LogP contribution in [0.3, 0.4) is 0 Å². The summed E-state index contributed by atoms with van der Waals surface area (Å²) in [6.07, 6.45) is 0. The van der Waals surface area contributed by atoms with Crippen LogP contribution in [-0.2, 0) is 6.54 Å². The van der Waals surface area contributed by atoms with Gasteiger partial charge in [0.1, 0.15) is 0 Å². The summed E-state index contributed by atoms with van der Waals surface area (Å²) in [6, 6.07) is 12.6. The zero-order valence-electron chi connectivity index (χ0n) is 12.2. The fourth-order valence-electron chi connectivity index (χ4n) is 2.67. The predicted molar refractivity (Wildman–Crippen MR) is 81.8 cm³/mol. The zero-order chi connectivity index (χ0) is 15.0. The molecular weight excluding hydrogens is 262 g/mol. The van der Waals surface area contributed by atoms with Gasteiger partial charge in [0.2, 0.25) is 0 Å². The second-order valence-corrected chi connectivity index (χ2v) is 5.41. The average molecular weight is 279 g/mol. The van der Waals surface area contributed by atoms with E-state index in [1.807, 2.05) is 19.2 Å². The Bertz CT molecular complexity index is 734. The number of rotatable bonds is 3. The Kier molecular flexibility index (Phi) is 3.43. The van der Waals surface area contributed by atoms with Crippen LogP contribution in [0.25, 0.3) is 0 Å². The van der Waals surface area contributed by atoms with Gasteiger partial charge in [-0.2, -0.15) is 0 Å². The first-order valence-electron chi connectivity index (χ1n) is 7.11. The minimum Gasteiger partial charge on any atom is -0.302 e. The molecule has 0 bridgehead atoms. The standard InChI is InChI=1S/C18H17NO2/c1-3-19(2)11-12-8-9-15-16(10-12)18(21)14-7-5-4-6-13(14)17(15)20/h4-10H,3,11H2,1-2H3. The Morgan fingerprint density at radius 3 is 2.05 bits per heavy atom. The molecule has 0 atom stereocenters. The van der Waals surface area contributed by atoms with Crippen molar-refractivity contribution in [2.75, 3.05) is 13.6 Å². The van der Waals surface area contributed by atoms with Crippen LogP contribution in [0.2, 0.25) is 0 Å². The molecule has 0 aliphatic heterocycles. The van der Waals surface area contributed by atoms with Crippen molar-refractivity contribution in [2.45, 2.75) is 13.5 Å². The SMILES string of the molecule is CCN(C)Cc1ccc2c(c1)C(=O)c1ccccc1C2=O. The van der Waals surface area contributed by atoms with Crippen molar-refractivity contribution in [2.24, 2.45) is 0 Å². The molecule has 3 nitrogen and oxygen atoms in total. The molecule has 0 aromatic heterocycles. The third-order valence-electron chi connectivity index (χ3n) is 3.98. The predicted octanol–water partition coefficient (Wildman–Crippen LogP) is 2.91. The maximum absolute atomic E-state index is 12.6. The van der Waals surface area contributed by atoms with Crippen LogP contribution in [0.4, 0.5) is 0 Å². The number of fused-ring (bicyclic) bond motifs is 2. The number of carbonyl (C=O) groups excluding carboxylic acids is 2. The van der Waals surface area contributed by atoms with E-state index >= 15 is 0 Å². The summed E-state index contributed by atoms with van der Waals surface area (Å²) in [5.74, 6) is -0.114. The fraction of sp³-hybridized carbons (Fsp3) is 0.222. The fourth-order valence-corrected chi connectivity index (χ4v) is 2.67. The molecule has 0 fully saturated rings. The molecule has 0 radical (unpaired) electrons. The van der Waals surface area contributed by atoms with Gasteiger partial charge in [0.25, 0.3) is 0 Å². The van der Waals surface area contributed by atoms with Crippen LogP contribution in [0, 0.1) is 0 Å². The van der Waals surface area contributed by atoms with E-state index in [0.29, 0.717) is 22.3 Å². The van der Waals surface area contributed by atoms with Crippen molar-refractivity contribution < 1.29 is 9.59 Å². The van der Waals surface area contributed by atoms with Gasteiger partial charge in [-0.3, -0.25) is 9.59 Å². The van der Waals surface area contributed by atoms with Gasteiger partial charge in [0.05, 0.1) is 0 Å². The Morgan fingerprint density at radius 2 is 1.43 bits per heavy atom. The van der Waals surface area contributed by atoms with E-state index < -0.39 is 0 Å². The maximum Gasteiger partial charge on any atom is 0.194 e. The number of nitrogens with zero attached hydrogens (tertiary/aromatic N) is 1. The van der Waals surface area contributed by atoms with Crippen molar-refractivity contribution in [1.82, 2.24) is 4.90 Å². The third kappa shape index (κ3) is 2.30. The molecule has 2 aromatic carbocycles. The molecule has 21 heavy (non-hydrogen) atoms. The van der Waals surface area contributed by atoms with Crippen molar-refractivity contribution >= 4 is 11.6 Å². The first-order chi connectivity index (χ1) is 10.1. The van der Waals surface area contributed by atoms with Gasteiger partial charge in [-0.1, -0.05) is 37.3 Å². The summed E-state index contributed by atoms with van der Waals surface area (Å²) < 4.78 is 0. The summed E-state index contributed by atoms with van der Waals surface area (Å²) >= 11 is 0. The van der Waals surface area contributed by atoms with E-state index in [0.717, 1.165) is 18.7 Å². The lowest BCUT2D eigenvalue weighted by atomic mass is 9.83. The summed E-state index contributed by atoms with van der Waals surface area (Å²) in [7, 11) is 2.03. The number of hydrogen-bond donors (Lipinski definition) is 0. The second-order valence-electron chi connectivity index (χ2n) is 5.41. The molecule has 0 N–H and O–H groups in total. The van der Waals surface area contributed by atoms with E-state index in [2.05, 4.69) is 11.8 Å². The van der Waals surface area contributed by atoms with E-state index in [1.165, 1.54) is 0 Å². The number of ketones is 2. The third-order valence-corrected chi connectivity index (χ3v) is 3.98. The second kappa shape index (κ2) is 5.26. The smallest absolute Gasteiger partial charge is 0.194 e. The lowest BCUT2D eigenvalue weighted by molar-refractivity contribution is 0.0979. The lowest BCUT2D eigenvalue weighted by Gasteiger charge is -2.19. The van der Waals surface area contributed by atoms with Crippen molar-refractivity contribution in [3.8, 4) is 0 Å². The van der Waals surface area contributed by atoms with Crippen LogP contribution in [0.5, 0.6) is 0 Å². The molecule has 106 valence electrons. The Labute approximate surface area is 124 Å². The topological polar surface area (TPSA) is 37.4 Å². The van der Waals surface area contributed by atoms with Crippen LogP contribution in [0.1, 0.15) is 44.3 Å². The molecule has 0 spiro atoms. The summed E-state index contributed by atoms with van der Waals surface area (Å²) in [5.41, 5.74) is 3.12. The maximum atomic E-state index is 12.6. The first-order valence-corrected chi connectivity index (χ1v) is 7.11. The largest absolute Gasteiger partial charge is 0.302 e. The highest BCUT2D eigenvalue weighted by atomic mass is 16.1. The Morgan fingerprint density at radius 1 is 0.857 bits per heavy atom. The molecule has 0 heterocycles. The van der Waals surface area contributed by atoms with E-state index in [4.69, 9.17) is 0 Å². The summed E-state index contributed by atoms with van der Waals surface area (Å²) in [5, 5.41) is 0. The van der Waals surface area contributed by atoms with E-state index in [1.54, 1.807) is 30.3 Å². The van der Waals surface area contributed by atoms with Gasteiger partial charge >= 0.3 is 0 Å². The highest BCUT2D eigenvalue weighted by Gasteiger charge is 2.29. The van der Waals surface area contributed by atoms with Crippen molar-refractivity contribution in [3.05, 3.63) is 70.3 Å². The number of carbonyl (C=O) groups is 2. The van der Waals surface area contributed by atoms with Gasteiger partial charge in [-0.25, -0.2) is 0 Å².